The lowest BCUT2D eigenvalue weighted by molar-refractivity contribution is -0.141. The Labute approximate surface area is 208 Å². The molecule has 0 fully saturated rings. The maximum atomic E-state index is 13.3. The quantitative estimate of drug-likeness (QED) is 0.459. The van der Waals surface area contributed by atoms with Crippen LogP contribution < -0.4 is 14.8 Å². The summed E-state index contributed by atoms with van der Waals surface area (Å²) in [4.78, 5) is 27.9. The van der Waals surface area contributed by atoms with Gasteiger partial charge in [0, 0.05) is 23.5 Å². The van der Waals surface area contributed by atoms with Gasteiger partial charge in [0.25, 0.3) is 0 Å². The minimum Gasteiger partial charge on any atom is -0.490 e. The summed E-state index contributed by atoms with van der Waals surface area (Å²) >= 11 is 6.02. The second kappa shape index (κ2) is 12.7. The van der Waals surface area contributed by atoms with E-state index in [0.29, 0.717) is 42.7 Å². The molecule has 1 N–H and O–H groups in total. The first kappa shape index (κ1) is 27.5. The van der Waals surface area contributed by atoms with Crippen LogP contribution in [-0.2, 0) is 22.6 Å². The Kier molecular flexibility index (Phi) is 10.2. The number of halogens is 1. The van der Waals surface area contributed by atoms with E-state index in [4.69, 9.17) is 21.1 Å². The number of rotatable bonds is 11. The second-order valence-corrected chi connectivity index (χ2v) is 9.65. The molecule has 2 amide bonds. The average Bonchev–Trinajstić information content (AvgIpc) is 2.77. The van der Waals surface area contributed by atoms with Crippen LogP contribution in [0.25, 0.3) is 0 Å². The van der Waals surface area contributed by atoms with Crippen molar-refractivity contribution < 1.29 is 19.1 Å². The molecule has 0 radical (unpaired) electrons. The molecule has 34 heavy (non-hydrogen) atoms. The maximum Gasteiger partial charge on any atom is 0.242 e. The van der Waals surface area contributed by atoms with E-state index in [2.05, 4.69) is 5.32 Å². The molecule has 0 aliphatic carbocycles. The summed E-state index contributed by atoms with van der Waals surface area (Å²) in [5.74, 6) is 1.08. The Morgan fingerprint density at radius 1 is 0.971 bits per heavy atom. The van der Waals surface area contributed by atoms with E-state index in [1.165, 1.54) is 0 Å². The topological polar surface area (TPSA) is 67.9 Å². The Morgan fingerprint density at radius 3 is 2.15 bits per heavy atom. The lowest BCUT2D eigenvalue weighted by Gasteiger charge is -2.31. The zero-order chi connectivity index (χ0) is 25.3. The predicted molar refractivity (Wildman–Crippen MR) is 136 cm³/mol. The third kappa shape index (κ3) is 8.56. The number of ether oxygens (including phenoxy) is 2. The summed E-state index contributed by atoms with van der Waals surface area (Å²) in [5, 5.41) is 3.60. The molecule has 0 unspecified atom stereocenters. The van der Waals surface area contributed by atoms with Gasteiger partial charge < -0.3 is 19.7 Å². The van der Waals surface area contributed by atoms with Gasteiger partial charge in [-0.05, 0) is 83.4 Å². The number of nitrogens with one attached hydrogen (secondary N) is 1. The van der Waals surface area contributed by atoms with E-state index >= 15 is 0 Å². The van der Waals surface area contributed by atoms with Gasteiger partial charge in [0.1, 0.15) is 6.04 Å². The number of aryl methyl sites for hydroxylation is 1. The van der Waals surface area contributed by atoms with Crippen LogP contribution in [0.3, 0.4) is 0 Å². The van der Waals surface area contributed by atoms with Gasteiger partial charge >= 0.3 is 0 Å². The van der Waals surface area contributed by atoms with Crippen molar-refractivity contribution in [2.45, 2.75) is 72.5 Å². The second-order valence-electron chi connectivity index (χ2n) is 9.21. The van der Waals surface area contributed by atoms with Gasteiger partial charge in [-0.15, -0.1) is 0 Å². The van der Waals surface area contributed by atoms with Gasteiger partial charge in [-0.2, -0.15) is 0 Å². The van der Waals surface area contributed by atoms with E-state index in [1.54, 1.807) is 24.0 Å². The van der Waals surface area contributed by atoms with Crippen LogP contribution in [0.4, 0.5) is 0 Å². The fourth-order valence-electron chi connectivity index (χ4n) is 3.49. The molecular formula is C27H37ClN2O4. The highest BCUT2D eigenvalue weighted by Crippen LogP contribution is 2.29. The molecule has 0 saturated carbocycles. The van der Waals surface area contributed by atoms with Gasteiger partial charge in [-0.1, -0.05) is 29.8 Å². The number of nitrogens with zero attached hydrogens (tertiary/aromatic N) is 1. The monoisotopic (exact) mass is 488 g/mol. The van der Waals surface area contributed by atoms with Crippen molar-refractivity contribution in [1.82, 2.24) is 10.2 Å². The Bertz CT molecular complexity index is 954. The highest BCUT2D eigenvalue weighted by atomic mass is 35.5. The van der Waals surface area contributed by atoms with Crippen LogP contribution in [0.5, 0.6) is 11.5 Å². The highest BCUT2D eigenvalue weighted by molar-refractivity contribution is 6.30. The van der Waals surface area contributed by atoms with Crippen molar-refractivity contribution in [3.8, 4) is 11.5 Å². The van der Waals surface area contributed by atoms with Crippen molar-refractivity contribution in [3.63, 3.8) is 0 Å². The first-order chi connectivity index (χ1) is 16.0. The molecule has 2 aromatic rings. The van der Waals surface area contributed by atoms with Gasteiger partial charge in [0.2, 0.25) is 11.8 Å². The Hall–Kier alpha value is -2.73. The molecule has 0 heterocycles. The van der Waals surface area contributed by atoms with Gasteiger partial charge in [0.05, 0.1) is 13.2 Å². The molecule has 0 spiro atoms. The summed E-state index contributed by atoms with van der Waals surface area (Å²) < 4.78 is 11.3. The van der Waals surface area contributed by atoms with Crippen LogP contribution in [-0.4, -0.2) is 41.5 Å². The summed E-state index contributed by atoms with van der Waals surface area (Å²) in [6.07, 6.45) is 0.788. The minimum atomic E-state index is -0.623. The molecule has 1 atom stereocenters. The van der Waals surface area contributed by atoms with E-state index < -0.39 is 11.6 Å². The van der Waals surface area contributed by atoms with Crippen molar-refractivity contribution in [2.75, 3.05) is 13.2 Å². The van der Waals surface area contributed by atoms with Crippen molar-refractivity contribution in [3.05, 3.63) is 58.6 Å². The van der Waals surface area contributed by atoms with E-state index in [-0.39, 0.29) is 18.2 Å². The minimum absolute atomic E-state index is 0.0987. The third-order valence-corrected chi connectivity index (χ3v) is 5.42. The zero-order valence-corrected chi connectivity index (χ0v) is 21.9. The van der Waals surface area contributed by atoms with Gasteiger partial charge in [-0.3, -0.25) is 9.59 Å². The smallest absolute Gasteiger partial charge is 0.242 e. The molecule has 2 rings (SSSR count). The molecule has 0 bridgehead atoms. The summed E-state index contributed by atoms with van der Waals surface area (Å²) in [7, 11) is 0. The van der Waals surface area contributed by atoms with Crippen LogP contribution in [0.1, 0.15) is 59.1 Å². The molecule has 186 valence electrons. The van der Waals surface area contributed by atoms with Crippen molar-refractivity contribution in [1.29, 1.82) is 0 Å². The van der Waals surface area contributed by atoms with Crippen molar-refractivity contribution in [2.24, 2.45) is 0 Å². The molecular weight excluding hydrogens is 452 g/mol. The summed E-state index contributed by atoms with van der Waals surface area (Å²) in [6.45, 7) is 12.8. The van der Waals surface area contributed by atoms with Crippen LogP contribution in [0, 0.1) is 0 Å². The number of carbonyl (C=O) groups is 2. The first-order valence-electron chi connectivity index (χ1n) is 11.8. The standard InChI is InChI=1S/C27H37ClN2O4/c1-7-33-23-15-11-20(17-24(23)34-8-2)12-16-25(31)30(18-21-9-13-22(28)14-10-21)19(3)26(32)29-27(4,5)6/h9-11,13-15,17,19H,7-8,12,16,18H2,1-6H3,(H,29,32)/t19-/m0/s1. The van der Waals surface area contributed by atoms with Crippen LogP contribution in [0.2, 0.25) is 5.02 Å². The van der Waals surface area contributed by atoms with Gasteiger partial charge in [-0.25, -0.2) is 0 Å². The Balaban J connectivity index is 2.19. The number of carbonyl (C=O) groups excluding carboxylic acids is 2. The van der Waals surface area contributed by atoms with E-state index in [9.17, 15) is 9.59 Å². The molecule has 7 heteroatoms. The van der Waals surface area contributed by atoms with Crippen LogP contribution >= 0.6 is 11.6 Å². The molecule has 0 aliphatic heterocycles. The van der Waals surface area contributed by atoms with Crippen LogP contribution in [0.15, 0.2) is 42.5 Å². The number of amides is 2. The van der Waals surface area contributed by atoms with E-state index in [0.717, 1.165) is 11.1 Å². The highest BCUT2D eigenvalue weighted by Gasteiger charge is 2.28. The fraction of sp³-hybridized carbons (Fsp3) is 0.481. The first-order valence-corrected chi connectivity index (χ1v) is 12.2. The summed E-state index contributed by atoms with van der Waals surface area (Å²) in [6, 6.07) is 12.4. The van der Waals surface area contributed by atoms with Crippen molar-refractivity contribution >= 4 is 23.4 Å². The van der Waals surface area contributed by atoms with Gasteiger partial charge in [0.15, 0.2) is 11.5 Å². The number of hydrogen-bond acceptors (Lipinski definition) is 4. The number of hydrogen-bond donors (Lipinski definition) is 1. The lowest BCUT2D eigenvalue weighted by atomic mass is 10.1. The normalized spacial score (nSPS) is 12.1. The maximum absolute atomic E-state index is 13.3. The molecule has 2 aromatic carbocycles. The zero-order valence-electron chi connectivity index (χ0n) is 21.1. The largest absolute Gasteiger partial charge is 0.490 e. The average molecular weight is 489 g/mol. The molecule has 0 aromatic heterocycles. The summed E-state index contributed by atoms with van der Waals surface area (Å²) in [5.41, 5.74) is 1.49. The van der Waals surface area contributed by atoms with E-state index in [1.807, 2.05) is 65.0 Å². The molecule has 0 aliphatic rings. The Morgan fingerprint density at radius 2 is 1.56 bits per heavy atom. The SMILES string of the molecule is CCOc1ccc(CCC(=O)N(Cc2ccc(Cl)cc2)[C@@H](C)C(=O)NC(C)(C)C)cc1OCC. The fourth-order valence-corrected chi connectivity index (χ4v) is 3.62. The molecule has 6 nitrogen and oxygen atoms in total. The lowest BCUT2D eigenvalue weighted by Crippen LogP contribution is -2.52. The third-order valence-electron chi connectivity index (χ3n) is 5.17. The predicted octanol–water partition coefficient (Wildman–Crippen LogP) is 5.40. The number of benzene rings is 2. The molecule has 0 saturated heterocycles.